The largest absolute Gasteiger partial charge is 0.468 e. The quantitative estimate of drug-likeness (QED) is 0.387. The van der Waals surface area contributed by atoms with E-state index >= 15 is 0 Å². The zero-order valence-corrected chi connectivity index (χ0v) is 10.1. The van der Waals surface area contributed by atoms with E-state index in [2.05, 4.69) is 4.74 Å². The highest BCUT2D eigenvalue weighted by molar-refractivity contribution is 6.02. The van der Waals surface area contributed by atoms with Crippen LogP contribution in [0.15, 0.2) is 0 Å². The van der Waals surface area contributed by atoms with Crippen LogP contribution in [-0.4, -0.2) is 45.0 Å². The number of carbonyl (C=O) groups excluding carboxylic acids is 3. The van der Waals surface area contributed by atoms with Crippen molar-refractivity contribution in [3.8, 4) is 0 Å². The molecule has 0 N–H and O–H groups in total. The maximum absolute atomic E-state index is 12.0. The van der Waals surface area contributed by atoms with Crippen molar-refractivity contribution >= 4 is 17.9 Å². The van der Waals surface area contributed by atoms with Gasteiger partial charge in [-0.15, -0.1) is 0 Å². The van der Waals surface area contributed by atoms with Crippen LogP contribution in [0.3, 0.4) is 0 Å². The van der Waals surface area contributed by atoms with Crippen LogP contribution in [0, 0.1) is 11.3 Å². The number of ether oxygens (including phenoxy) is 4. The van der Waals surface area contributed by atoms with Gasteiger partial charge in [0, 0.05) is 13.5 Å². The molecule has 2 heterocycles. The van der Waals surface area contributed by atoms with E-state index in [4.69, 9.17) is 14.2 Å². The normalized spacial score (nSPS) is 35.2. The predicted molar refractivity (Wildman–Crippen MR) is 55.0 cm³/mol. The minimum absolute atomic E-state index is 0.0668. The molecule has 0 saturated carbocycles. The third-order valence-corrected chi connectivity index (χ3v) is 3.47. The fourth-order valence-corrected chi connectivity index (χ4v) is 2.55. The van der Waals surface area contributed by atoms with Gasteiger partial charge in [-0.3, -0.25) is 14.4 Å². The maximum Gasteiger partial charge on any atom is 0.324 e. The zero-order valence-electron chi connectivity index (χ0n) is 10.1. The standard InChI is InChI=1S/C11H14O7/c1-15-8-6(5-7(12)18-8)11(9(13)16-2)3-4-17-10(11)14/h6,8H,3-5H2,1-2H3/t6?,8?,11-/m1/s1. The van der Waals surface area contributed by atoms with Crippen molar-refractivity contribution in [1.29, 1.82) is 0 Å². The molecule has 7 nitrogen and oxygen atoms in total. The summed E-state index contributed by atoms with van der Waals surface area (Å²) in [7, 11) is 2.54. The van der Waals surface area contributed by atoms with Crippen LogP contribution in [0.5, 0.6) is 0 Å². The van der Waals surface area contributed by atoms with Crippen LogP contribution in [-0.2, 0) is 33.3 Å². The number of esters is 3. The second-order valence-electron chi connectivity index (χ2n) is 4.25. The average molecular weight is 258 g/mol. The van der Waals surface area contributed by atoms with Crippen LogP contribution < -0.4 is 0 Å². The van der Waals surface area contributed by atoms with Gasteiger partial charge in [-0.05, 0) is 0 Å². The summed E-state index contributed by atoms with van der Waals surface area (Å²) in [5.41, 5.74) is -1.50. The summed E-state index contributed by atoms with van der Waals surface area (Å²) < 4.78 is 19.5. The van der Waals surface area contributed by atoms with Crippen LogP contribution >= 0.6 is 0 Å². The first-order valence-electron chi connectivity index (χ1n) is 5.54. The van der Waals surface area contributed by atoms with Gasteiger partial charge in [0.25, 0.3) is 0 Å². The molecule has 0 spiro atoms. The summed E-state index contributed by atoms with van der Waals surface area (Å²) in [6.07, 6.45) is -0.829. The molecule has 0 radical (unpaired) electrons. The Hall–Kier alpha value is -1.63. The fourth-order valence-electron chi connectivity index (χ4n) is 2.55. The van der Waals surface area contributed by atoms with Crippen molar-refractivity contribution in [2.75, 3.05) is 20.8 Å². The fraction of sp³-hybridized carbons (Fsp3) is 0.727. The van der Waals surface area contributed by atoms with Crippen LogP contribution in [0.25, 0.3) is 0 Å². The summed E-state index contributed by atoms with van der Waals surface area (Å²) in [6, 6.07) is 0. The van der Waals surface area contributed by atoms with Gasteiger partial charge < -0.3 is 18.9 Å². The van der Waals surface area contributed by atoms with Gasteiger partial charge in [-0.1, -0.05) is 0 Å². The first-order chi connectivity index (χ1) is 8.56. The molecule has 0 aliphatic carbocycles. The molecule has 0 aromatic rings. The molecular formula is C11H14O7. The van der Waals surface area contributed by atoms with E-state index in [9.17, 15) is 14.4 Å². The molecule has 2 aliphatic rings. The second kappa shape index (κ2) is 4.56. The lowest BCUT2D eigenvalue weighted by Crippen LogP contribution is -2.47. The van der Waals surface area contributed by atoms with Crippen molar-refractivity contribution in [1.82, 2.24) is 0 Å². The van der Waals surface area contributed by atoms with Crippen LogP contribution in [0.4, 0.5) is 0 Å². The van der Waals surface area contributed by atoms with Crippen molar-refractivity contribution < 1.29 is 33.3 Å². The molecule has 2 fully saturated rings. The molecule has 7 heteroatoms. The first-order valence-corrected chi connectivity index (χ1v) is 5.54. The van der Waals surface area contributed by atoms with Crippen molar-refractivity contribution in [3.05, 3.63) is 0 Å². The summed E-state index contributed by atoms with van der Waals surface area (Å²) in [5, 5.41) is 0. The number of carbonyl (C=O) groups is 3. The Labute approximate surface area is 103 Å². The van der Waals surface area contributed by atoms with Crippen LogP contribution in [0.1, 0.15) is 12.8 Å². The van der Waals surface area contributed by atoms with Crippen molar-refractivity contribution in [2.24, 2.45) is 11.3 Å². The third kappa shape index (κ3) is 1.66. The Bertz CT molecular complexity index is 391. The van der Waals surface area contributed by atoms with Crippen molar-refractivity contribution in [3.63, 3.8) is 0 Å². The van der Waals surface area contributed by atoms with E-state index in [1.165, 1.54) is 14.2 Å². The monoisotopic (exact) mass is 258 g/mol. The molecule has 0 aromatic carbocycles. The molecule has 2 saturated heterocycles. The van der Waals surface area contributed by atoms with Crippen molar-refractivity contribution in [2.45, 2.75) is 19.1 Å². The lowest BCUT2D eigenvalue weighted by molar-refractivity contribution is -0.183. The van der Waals surface area contributed by atoms with Gasteiger partial charge in [-0.25, -0.2) is 0 Å². The van der Waals surface area contributed by atoms with E-state index in [0.29, 0.717) is 0 Å². The molecule has 2 aliphatic heterocycles. The summed E-state index contributed by atoms with van der Waals surface area (Å²) >= 11 is 0. The number of cyclic esters (lactones) is 2. The summed E-state index contributed by atoms with van der Waals surface area (Å²) in [6.45, 7) is 0.120. The van der Waals surface area contributed by atoms with Gasteiger partial charge in [-0.2, -0.15) is 0 Å². The minimum atomic E-state index is -1.50. The van der Waals surface area contributed by atoms with E-state index in [1.54, 1.807) is 0 Å². The molecule has 3 atom stereocenters. The predicted octanol–water partition coefficient (Wildman–Crippen LogP) is -0.372. The topological polar surface area (TPSA) is 88.1 Å². The average Bonchev–Trinajstić information content (AvgIpc) is 2.92. The van der Waals surface area contributed by atoms with Gasteiger partial charge >= 0.3 is 17.9 Å². The van der Waals surface area contributed by atoms with E-state index in [0.717, 1.165) is 0 Å². The lowest BCUT2D eigenvalue weighted by Gasteiger charge is -2.29. The molecule has 0 bridgehead atoms. The summed E-state index contributed by atoms with van der Waals surface area (Å²) in [4.78, 5) is 35.2. The minimum Gasteiger partial charge on any atom is -0.468 e. The number of hydrogen-bond acceptors (Lipinski definition) is 7. The molecule has 2 unspecified atom stereocenters. The Morgan fingerprint density at radius 3 is 2.61 bits per heavy atom. The number of rotatable bonds is 3. The molecular weight excluding hydrogens is 244 g/mol. The maximum atomic E-state index is 12.0. The Balaban J connectivity index is 2.38. The molecule has 2 rings (SSSR count). The Kier molecular flexibility index (Phi) is 3.25. The third-order valence-electron chi connectivity index (χ3n) is 3.47. The first kappa shape index (κ1) is 12.8. The van der Waals surface area contributed by atoms with E-state index in [1.807, 2.05) is 0 Å². The van der Waals surface area contributed by atoms with Crippen LogP contribution in [0.2, 0.25) is 0 Å². The highest BCUT2D eigenvalue weighted by Gasteiger charge is 2.63. The number of methoxy groups -OCH3 is 2. The zero-order chi connectivity index (χ0) is 13.3. The Morgan fingerprint density at radius 2 is 2.11 bits per heavy atom. The smallest absolute Gasteiger partial charge is 0.324 e. The van der Waals surface area contributed by atoms with Gasteiger partial charge in [0.1, 0.15) is 0 Å². The molecule has 0 amide bonds. The Morgan fingerprint density at radius 1 is 1.39 bits per heavy atom. The number of hydrogen-bond donors (Lipinski definition) is 0. The summed E-state index contributed by atoms with van der Waals surface area (Å²) in [5.74, 6) is -2.61. The van der Waals surface area contributed by atoms with E-state index in [-0.39, 0.29) is 19.4 Å². The van der Waals surface area contributed by atoms with Gasteiger partial charge in [0.05, 0.1) is 26.1 Å². The SMILES string of the molecule is COC(=O)[C@]1(C2CC(=O)OC2OC)CCOC1=O. The molecule has 0 aromatic heterocycles. The van der Waals surface area contributed by atoms with Gasteiger partial charge in [0.2, 0.25) is 6.29 Å². The molecule has 100 valence electrons. The second-order valence-corrected chi connectivity index (χ2v) is 4.25. The highest BCUT2D eigenvalue weighted by Crippen LogP contribution is 2.46. The highest BCUT2D eigenvalue weighted by atomic mass is 16.7. The lowest BCUT2D eigenvalue weighted by atomic mass is 9.73. The van der Waals surface area contributed by atoms with Gasteiger partial charge in [0.15, 0.2) is 5.41 Å². The van der Waals surface area contributed by atoms with E-state index < -0.39 is 35.5 Å². The molecule has 18 heavy (non-hydrogen) atoms.